The Morgan fingerprint density at radius 2 is 1.75 bits per heavy atom. The van der Waals surface area contributed by atoms with Gasteiger partial charge in [-0.2, -0.15) is 0 Å². The largest absolute Gasteiger partial charge is 0.334 e. The highest BCUT2D eigenvalue weighted by molar-refractivity contribution is 6.41. The summed E-state index contributed by atoms with van der Waals surface area (Å²) in [5, 5.41) is 0.436. The minimum absolute atomic E-state index is 0.0509. The Bertz CT molecular complexity index is 1030. The van der Waals surface area contributed by atoms with Crippen molar-refractivity contribution in [3.63, 3.8) is 0 Å². The second-order valence-electron chi connectivity index (χ2n) is 5.36. The Balaban J connectivity index is 2.55. The van der Waals surface area contributed by atoms with Crippen LogP contribution in [0.15, 0.2) is 33.9 Å². The molecule has 5 nitrogen and oxygen atoms in total. The van der Waals surface area contributed by atoms with Crippen molar-refractivity contribution < 1.29 is 0 Å². The monoisotopic (exact) mass is 363 g/mol. The van der Waals surface area contributed by atoms with Crippen molar-refractivity contribution in [2.75, 3.05) is 0 Å². The van der Waals surface area contributed by atoms with E-state index in [-0.39, 0.29) is 21.2 Å². The third-order valence-corrected chi connectivity index (χ3v) is 4.65. The SMILES string of the molecule is CCc1cccc(CC)c1-n1c(=O)[nH]c(=O)c2cc(Cl)c(Cl)nc21. The van der Waals surface area contributed by atoms with Crippen molar-refractivity contribution in [3.8, 4) is 5.69 Å². The van der Waals surface area contributed by atoms with Crippen LogP contribution in [0, 0.1) is 0 Å². The molecular weight excluding hydrogens is 349 g/mol. The number of hydrogen-bond donors (Lipinski definition) is 1. The zero-order chi connectivity index (χ0) is 17.4. The van der Waals surface area contributed by atoms with Gasteiger partial charge in [0.05, 0.1) is 16.1 Å². The first kappa shape index (κ1) is 16.7. The van der Waals surface area contributed by atoms with Crippen LogP contribution in [0.5, 0.6) is 0 Å². The first-order valence-corrected chi connectivity index (χ1v) is 8.35. The quantitative estimate of drug-likeness (QED) is 0.724. The number of aryl methyl sites for hydroxylation is 2. The highest BCUT2D eigenvalue weighted by Gasteiger charge is 2.17. The van der Waals surface area contributed by atoms with E-state index in [0.29, 0.717) is 0 Å². The minimum Gasteiger partial charge on any atom is -0.273 e. The molecule has 3 rings (SSSR count). The predicted octanol–water partition coefficient (Wildman–Crippen LogP) is 3.51. The van der Waals surface area contributed by atoms with Gasteiger partial charge in [-0.3, -0.25) is 9.78 Å². The van der Waals surface area contributed by atoms with Gasteiger partial charge in [-0.05, 0) is 30.0 Å². The van der Waals surface area contributed by atoms with Crippen LogP contribution in [0.4, 0.5) is 0 Å². The van der Waals surface area contributed by atoms with Gasteiger partial charge in [-0.25, -0.2) is 14.3 Å². The van der Waals surface area contributed by atoms with Gasteiger partial charge >= 0.3 is 5.69 Å². The summed E-state index contributed by atoms with van der Waals surface area (Å²) in [5.41, 5.74) is 1.82. The number of pyridine rings is 1. The Kier molecular flexibility index (Phi) is 4.47. The summed E-state index contributed by atoms with van der Waals surface area (Å²) in [7, 11) is 0. The lowest BCUT2D eigenvalue weighted by Crippen LogP contribution is -2.31. The number of rotatable bonds is 3. The van der Waals surface area contributed by atoms with E-state index in [0.717, 1.165) is 29.7 Å². The van der Waals surface area contributed by atoms with E-state index >= 15 is 0 Å². The summed E-state index contributed by atoms with van der Waals surface area (Å²) in [6, 6.07) is 7.29. The molecule has 2 heterocycles. The molecule has 0 saturated carbocycles. The lowest BCUT2D eigenvalue weighted by Gasteiger charge is -2.16. The Morgan fingerprint density at radius 3 is 2.33 bits per heavy atom. The number of halogens is 2. The maximum atomic E-state index is 12.6. The van der Waals surface area contributed by atoms with Crippen LogP contribution in [-0.2, 0) is 12.8 Å². The normalized spacial score (nSPS) is 11.2. The number of hydrogen-bond acceptors (Lipinski definition) is 3. The lowest BCUT2D eigenvalue weighted by molar-refractivity contribution is 0.889. The van der Waals surface area contributed by atoms with E-state index in [1.165, 1.54) is 10.6 Å². The molecule has 124 valence electrons. The molecule has 1 N–H and O–H groups in total. The van der Waals surface area contributed by atoms with E-state index in [9.17, 15) is 9.59 Å². The zero-order valence-electron chi connectivity index (χ0n) is 13.2. The van der Waals surface area contributed by atoms with Crippen molar-refractivity contribution >= 4 is 34.2 Å². The fourth-order valence-electron chi connectivity index (χ4n) is 2.82. The predicted molar refractivity (Wildman–Crippen MR) is 96.7 cm³/mol. The average Bonchev–Trinajstić information content (AvgIpc) is 2.56. The number of nitrogens with one attached hydrogen (secondary N) is 1. The molecule has 0 unspecified atom stereocenters. The number of para-hydroxylation sites is 1. The highest BCUT2D eigenvalue weighted by atomic mass is 35.5. The van der Waals surface area contributed by atoms with E-state index in [1.54, 1.807) is 0 Å². The second kappa shape index (κ2) is 6.42. The van der Waals surface area contributed by atoms with Gasteiger partial charge in [0.1, 0.15) is 5.15 Å². The van der Waals surface area contributed by atoms with Crippen molar-refractivity contribution in [1.29, 1.82) is 0 Å². The van der Waals surface area contributed by atoms with Crippen molar-refractivity contribution in [2.24, 2.45) is 0 Å². The molecule has 0 aliphatic heterocycles. The first-order valence-electron chi connectivity index (χ1n) is 7.60. The molecule has 2 aromatic heterocycles. The third kappa shape index (κ3) is 2.64. The van der Waals surface area contributed by atoms with Crippen molar-refractivity contribution in [1.82, 2.24) is 14.5 Å². The molecule has 0 amide bonds. The van der Waals surface area contributed by atoms with Crippen molar-refractivity contribution in [3.05, 3.63) is 66.4 Å². The van der Waals surface area contributed by atoms with Gasteiger partial charge in [-0.15, -0.1) is 0 Å². The standard InChI is InChI=1S/C17H15Cl2N3O2/c1-3-9-6-5-7-10(4-2)13(9)22-15-11(16(23)21-17(22)24)8-12(18)14(19)20-15/h5-8H,3-4H2,1-2H3,(H,21,23,24). The van der Waals surface area contributed by atoms with Crippen LogP contribution in [0.3, 0.4) is 0 Å². The number of aromatic nitrogens is 3. The number of H-pyrrole nitrogens is 1. The molecule has 24 heavy (non-hydrogen) atoms. The summed E-state index contributed by atoms with van der Waals surface area (Å²) < 4.78 is 1.41. The molecule has 3 aromatic rings. The van der Waals surface area contributed by atoms with Gasteiger partial charge in [0.25, 0.3) is 5.56 Å². The van der Waals surface area contributed by atoms with E-state index < -0.39 is 11.2 Å². The number of nitrogens with zero attached hydrogens (tertiary/aromatic N) is 2. The summed E-state index contributed by atoms with van der Waals surface area (Å²) in [4.78, 5) is 31.3. The molecule has 7 heteroatoms. The molecule has 0 aliphatic carbocycles. The highest BCUT2D eigenvalue weighted by Crippen LogP contribution is 2.26. The Morgan fingerprint density at radius 1 is 1.12 bits per heavy atom. The van der Waals surface area contributed by atoms with Gasteiger partial charge in [0, 0.05) is 0 Å². The molecule has 0 radical (unpaired) electrons. The maximum Gasteiger partial charge on any atom is 0.334 e. The molecule has 0 spiro atoms. The van der Waals surface area contributed by atoms with Gasteiger partial charge in [0.15, 0.2) is 5.65 Å². The smallest absolute Gasteiger partial charge is 0.273 e. The lowest BCUT2D eigenvalue weighted by atomic mass is 10.0. The molecule has 0 bridgehead atoms. The van der Waals surface area contributed by atoms with Crippen LogP contribution in [0.25, 0.3) is 16.7 Å². The van der Waals surface area contributed by atoms with Crippen LogP contribution in [0.1, 0.15) is 25.0 Å². The van der Waals surface area contributed by atoms with E-state index in [1.807, 2.05) is 32.0 Å². The van der Waals surface area contributed by atoms with Gasteiger partial charge in [-0.1, -0.05) is 55.2 Å². The maximum absolute atomic E-state index is 12.6. The third-order valence-electron chi connectivity index (χ3n) is 3.98. The molecule has 0 aliphatic rings. The average molecular weight is 364 g/mol. The number of benzene rings is 1. The van der Waals surface area contributed by atoms with Crippen molar-refractivity contribution in [2.45, 2.75) is 26.7 Å². The van der Waals surface area contributed by atoms with Crippen LogP contribution >= 0.6 is 23.2 Å². The van der Waals surface area contributed by atoms with Crippen LogP contribution in [0.2, 0.25) is 10.2 Å². The summed E-state index contributed by atoms with van der Waals surface area (Å²) in [6.45, 7) is 4.02. The molecule has 0 saturated heterocycles. The first-order chi connectivity index (χ1) is 11.5. The molecule has 1 aromatic carbocycles. The van der Waals surface area contributed by atoms with Gasteiger partial charge < -0.3 is 0 Å². The number of fused-ring (bicyclic) bond motifs is 1. The fraction of sp³-hybridized carbons (Fsp3) is 0.235. The van der Waals surface area contributed by atoms with Gasteiger partial charge in [0.2, 0.25) is 0 Å². The molecule has 0 fully saturated rings. The Hall–Kier alpha value is -2.11. The zero-order valence-corrected chi connectivity index (χ0v) is 14.7. The van der Waals surface area contributed by atoms with E-state index in [2.05, 4.69) is 9.97 Å². The number of aromatic amines is 1. The van der Waals surface area contributed by atoms with Crippen LogP contribution in [-0.4, -0.2) is 14.5 Å². The Labute approximate surface area is 147 Å². The minimum atomic E-state index is -0.547. The van der Waals surface area contributed by atoms with Crippen LogP contribution < -0.4 is 11.2 Å². The van der Waals surface area contributed by atoms with E-state index in [4.69, 9.17) is 23.2 Å². The second-order valence-corrected chi connectivity index (χ2v) is 6.12. The summed E-state index contributed by atoms with van der Waals surface area (Å²) in [6.07, 6.45) is 1.47. The topological polar surface area (TPSA) is 67.8 Å². The molecule has 0 atom stereocenters. The summed E-state index contributed by atoms with van der Waals surface area (Å²) in [5.74, 6) is 0. The summed E-state index contributed by atoms with van der Waals surface area (Å²) >= 11 is 12.0. The molecular formula is C17H15Cl2N3O2. The fourth-order valence-corrected chi connectivity index (χ4v) is 3.11.